The second kappa shape index (κ2) is 7.63. The molecule has 0 saturated heterocycles. The third-order valence-electron chi connectivity index (χ3n) is 3.86. The summed E-state index contributed by atoms with van der Waals surface area (Å²) < 4.78 is 27.0. The molecule has 0 saturated carbocycles. The van der Waals surface area contributed by atoms with E-state index in [1.165, 1.54) is 7.05 Å². The molecular weight excluding hydrogens is 352 g/mol. The van der Waals surface area contributed by atoms with Crippen LogP contribution in [0.25, 0.3) is 16.9 Å². The van der Waals surface area contributed by atoms with Crippen LogP contribution in [0.2, 0.25) is 0 Å². The van der Waals surface area contributed by atoms with Crippen molar-refractivity contribution in [2.24, 2.45) is 0 Å². The molecule has 1 aromatic carbocycles. The van der Waals surface area contributed by atoms with E-state index < -0.39 is 10.0 Å². The second-order valence-electron chi connectivity index (χ2n) is 5.68. The number of nitrogens with zero attached hydrogens (tertiary/aromatic N) is 4. The van der Waals surface area contributed by atoms with Crippen molar-refractivity contribution in [2.75, 3.05) is 24.7 Å². The van der Waals surface area contributed by atoms with E-state index in [4.69, 9.17) is 0 Å². The molecule has 0 aliphatic carbocycles. The summed E-state index contributed by atoms with van der Waals surface area (Å²) in [6.07, 6.45) is 5.27. The number of aryl methyl sites for hydroxylation is 1. The van der Waals surface area contributed by atoms with Gasteiger partial charge in [0.15, 0.2) is 0 Å². The Balaban J connectivity index is 1.76. The molecule has 3 rings (SSSR count). The lowest BCUT2D eigenvalue weighted by Gasteiger charge is -2.06. The minimum absolute atomic E-state index is 0.0533. The highest BCUT2D eigenvalue weighted by Crippen LogP contribution is 2.20. The lowest BCUT2D eigenvalue weighted by molar-refractivity contribution is 0.588. The van der Waals surface area contributed by atoms with Crippen LogP contribution in [-0.4, -0.2) is 47.5 Å². The zero-order valence-corrected chi connectivity index (χ0v) is 15.4. The highest BCUT2D eigenvalue weighted by Gasteiger charge is 2.09. The minimum Gasteiger partial charge on any atom is -0.353 e. The fourth-order valence-electron chi connectivity index (χ4n) is 2.41. The first-order valence-electron chi connectivity index (χ1n) is 8.08. The summed E-state index contributed by atoms with van der Waals surface area (Å²) in [6, 6.07) is 9.77. The van der Waals surface area contributed by atoms with E-state index in [-0.39, 0.29) is 12.3 Å². The molecule has 2 aromatic heterocycles. The normalized spacial score (nSPS) is 11.5. The average molecular weight is 372 g/mol. The van der Waals surface area contributed by atoms with Crippen LogP contribution in [0.5, 0.6) is 0 Å². The van der Waals surface area contributed by atoms with Gasteiger partial charge in [-0.1, -0.05) is 18.2 Å². The summed E-state index contributed by atoms with van der Waals surface area (Å²) >= 11 is 0. The van der Waals surface area contributed by atoms with Crippen LogP contribution >= 0.6 is 0 Å². The maximum absolute atomic E-state index is 11.4. The zero-order valence-electron chi connectivity index (χ0n) is 14.5. The summed E-state index contributed by atoms with van der Waals surface area (Å²) in [4.78, 5) is 8.55. The molecule has 9 heteroatoms. The molecule has 0 atom stereocenters. The van der Waals surface area contributed by atoms with Crippen LogP contribution in [0.15, 0.2) is 48.9 Å². The Morgan fingerprint density at radius 2 is 2.00 bits per heavy atom. The van der Waals surface area contributed by atoms with E-state index in [1.54, 1.807) is 23.1 Å². The summed E-state index contributed by atoms with van der Waals surface area (Å²) in [5, 5.41) is 7.33. The number of aromatic nitrogens is 4. The molecule has 0 fully saturated rings. The van der Waals surface area contributed by atoms with Crippen LogP contribution in [0, 0.1) is 6.92 Å². The number of benzene rings is 1. The Hall–Kier alpha value is -2.78. The van der Waals surface area contributed by atoms with Gasteiger partial charge in [-0.15, -0.1) is 0 Å². The van der Waals surface area contributed by atoms with Crippen LogP contribution in [0.4, 0.5) is 5.95 Å². The number of nitrogens with one attached hydrogen (secondary N) is 2. The SMILES string of the molecule is CNS(=O)(=O)CCNc1nccc(-c2cnn(-c3ccccc3C)c2)n1. The van der Waals surface area contributed by atoms with Gasteiger partial charge < -0.3 is 5.32 Å². The molecule has 0 unspecified atom stereocenters. The molecule has 0 amide bonds. The molecular formula is C17H20N6O2S. The second-order valence-corrected chi connectivity index (χ2v) is 7.72. The quantitative estimate of drug-likeness (QED) is 0.653. The van der Waals surface area contributed by atoms with Gasteiger partial charge in [0.05, 0.1) is 23.3 Å². The van der Waals surface area contributed by atoms with Gasteiger partial charge in [-0.2, -0.15) is 5.10 Å². The van der Waals surface area contributed by atoms with E-state index in [2.05, 4.69) is 25.1 Å². The monoisotopic (exact) mass is 372 g/mol. The molecule has 0 aliphatic heterocycles. The molecule has 136 valence electrons. The molecule has 0 radical (unpaired) electrons. The summed E-state index contributed by atoms with van der Waals surface area (Å²) in [5.74, 6) is 0.319. The number of para-hydroxylation sites is 1. The van der Waals surface area contributed by atoms with Gasteiger partial charge in [-0.25, -0.2) is 27.8 Å². The first-order chi connectivity index (χ1) is 12.5. The topological polar surface area (TPSA) is 102 Å². The van der Waals surface area contributed by atoms with Gasteiger partial charge in [0.2, 0.25) is 16.0 Å². The zero-order chi connectivity index (χ0) is 18.6. The van der Waals surface area contributed by atoms with Crippen molar-refractivity contribution in [2.45, 2.75) is 6.92 Å². The van der Waals surface area contributed by atoms with Crippen LogP contribution in [0.1, 0.15) is 5.56 Å². The summed E-state index contributed by atoms with van der Waals surface area (Å²) in [7, 11) is -1.88. The van der Waals surface area contributed by atoms with Crippen LogP contribution in [-0.2, 0) is 10.0 Å². The number of anilines is 1. The Labute approximate surface area is 152 Å². The Morgan fingerprint density at radius 1 is 1.19 bits per heavy atom. The standard InChI is InChI=1S/C17H20N6O2S/c1-13-5-3-4-6-16(13)23-12-14(11-21-23)15-7-8-19-17(22-15)20-9-10-26(24,25)18-2/h3-8,11-12,18H,9-10H2,1-2H3,(H,19,20,22). The van der Waals surface area contributed by atoms with E-state index in [1.807, 2.05) is 37.4 Å². The van der Waals surface area contributed by atoms with Gasteiger partial charge in [-0.05, 0) is 31.7 Å². The summed E-state index contributed by atoms with van der Waals surface area (Å²) in [6.45, 7) is 2.25. The largest absolute Gasteiger partial charge is 0.353 e. The molecule has 0 bridgehead atoms. The average Bonchev–Trinajstić information content (AvgIpc) is 3.12. The number of rotatable bonds is 7. The minimum atomic E-state index is -3.26. The number of hydrogen-bond acceptors (Lipinski definition) is 6. The Kier molecular flexibility index (Phi) is 5.29. The van der Waals surface area contributed by atoms with Gasteiger partial charge in [0.25, 0.3) is 0 Å². The van der Waals surface area contributed by atoms with Crippen molar-refractivity contribution >= 4 is 16.0 Å². The van der Waals surface area contributed by atoms with E-state index in [0.717, 1.165) is 16.8 Å². The van der Waals surface area contributed by atoms with Crippen molar-refractivity contribution in [3.05, 3.63) is 54.5 Å². The van der Waals surface area contributed by atoms with Crippen LogP contribution < -0.4 is 10.0 Å². The predicted octanol–water partition coefficient (Wildman–Crippen LogP) is 1.60. The van der Waals surface area contributed by atoms with Crippen molar-refractivity contribution in [3.63, 3.8) is 0 Å². The lowest BCUT2D eigenvalue weighted by atomic mass is 10.2. The molecule has 8 nitrogen and oxygen atoms in total. The number of sulfonamides is 1. The van der Waals surface area contributed by atoms with E-state index in [0.29, 0.717) is 11.6 Å². The van der Waals surface area contributed by atoms with Gasteiger partial charge in [0, 0.05) is 24.5 Å². The van der Waals surface area contributed by atoms with Gasteiger partial charge in [-0.3, -0.25) is 0 Å². The smallest absolute Gasteiger partial charge is 0.223 e. The third kappa shape index (κ3) is 4.24. The molecule has 0 spiro atoms. The van der Waals surface area contributed by atoms with E-state index in [9.17, 15) is 8.42 Å². The predicted molar refractivity (Wildman–Crippen MR) is 101 cm³/mol. The van der Waals surface area contributed by atoms with Crippen molar-refractivity contribution < 1.29 is 8.42 Å². The van der Waals surface area contributed by atoms with Crippen molar-refractivity contribution in [1.82, 2.24) is 24.5 Å². The maximum Gasteiger partial charge on any atom is 0.223 e. The number of hydrogen-bond donors (Lipinski definition) is 2. The van der Waals surface area contributed by atoms with Gasteiger partial charge in [0.1, 0.15) is 0 Å². The first-order valence-corrected chi connectivity index (χ1v) is 9.73. The highest BCUT2D eigenvalue weighted by molar-refractivity contribution is 7.89. The molecule has 2 heterocycles. The fourth-order valence-corrected chi connectivity index (χ4v) is 2.99. The van der Waals surface area contributed by atoms with Gasteiger partial charge >= 0.3 is 0 Å². The molecule has 26 heavy (non-hydrogen) atoms. The van der Waals surface area contributed by atoms with Crippen molar-refractivity contribution in [1.29, 1.82) is 0 Å². The molecule has 2 N–H and O–H groups in total. The highest BCUT2D eigenvalue weighted by atomic mass is 32.2. The lowest BCUT2D eigenvalue weighted by Crippen LogP contribution is -2.26. The Morgan fingerprint density at radius 3 is 2.77 bits per heavy atom. The maximum atomic E-state index is 11.4. The summed E-state index contributed by atoms with van der Waals surface area (Å²) in [5.41, 5.74) is 3.68. The van der Waals surface area contributed by atoms with Crippen molar-refractivity contribution in [3.8, 4) is 16.9 Å². The van der Waals surface area contributed by atoms with Crippen LogP contribution in [0.3, 0.4) is 0 Å². The third-order valence-corrected chi connectivity index (χ3v) is 5.22. The Bertz CT molecular complexity index is 1000. The fraction of sp³-hybridized carbons (Fsp3) is 0.235. The molecule has 3 aromatic rings. The molecule has 0 aliphatic rings. The first kappa shape index (κ1) is 18.0. The van der Waals surface area contributed by atoms with E-state index >= 15 is 0 Å².